The third-order valence-corrected chi connectivity index (χ3v) is 9.73. The number of halogens is 4. The van der Waals surface area contributed by atoms with Gasteiger partial charge in [0.1, 0.15) is 19.3 Å². The summed E-state index contributed by atoms with van der Waals surface area (Å²) in [6.07, 6.45) is 24.4. The number of allylic oxidation sites excluding steroid dienone is 2. The highest BCUT2D eigenvalue weighted by atomic mass is 19.3. The Morgan fingerprint density at radius 1 is 0.518 bits per heavy atom. The van der Waals surface area contributed by atoms with Crippen molar-refractivity contribution in [3.8, 4) is 0 Å². The van der Waals surface area contributed by atoms with E-state index < -0.39 is 11.8 Å². The third kappa shape index (κ3) is 37.2. The molecule has 0 fully saturated rings. The molecule has 0 aliphatic carbocycles. The number of carbonyl (C=O) groups is 3. The van der Waals surface area contributed by atoms with Gasteiger partial charge in [0, 0.05) is 32.1 Å². The van der Waals surface area contributed by atoms with Crippen LogP contribution >= 0.6 is 0 Å². The Labute approximate surface area is 338 Å². The van der Waals surface area contributed by atoms with Crippen molar-refractivity contribution in [2.75, 3.05) is 33.9 Å². The van der Waals surface area contributed by atoms with Crippen LogP contribution in [0, 0.1) is 0 Å². The van der Waals surface area contributed by atoms with Crippen LogP contribution in [-0.4, -0.2) is 74.6 Å². The summed E-state index contributed by atoms with van der Waals surface area (Å²) in [7, 11) is 3.94. The van der Waals surface area contributed by atoms with Gasteiger partial charge in [-0.05, 0) is 103 Å². The minimum atomic E-state index is -2.87. The van der Waals surface area contributed by atoms with Crippen molar-refractivity contribution in [2.24, 2.45) is 0 Å². The van der Waals surface area contributed by atoms with E-state index >= 15 is 0 Å². The number of esters is 3. The van der Waals surface area contributed by atoms with Gasteiger partial charge in [-0.15, -0.1) is 0 Å². The van der Waals surface area contributed by atoms with Crippen LogP contribution < -0.4 is 0 Å². The van der Waals surface area contributed by atoms with E-state index in [2.05, 4.69) is 13.8 Å². The number of ether oxygens (including phenoxy) is 3. The number of hydrogen-bond acceptors (Lipinski definition) is 7. The highest BCUT2D eigenvalue weighted by Crippen LogP contribution is 2.25. The molecule has 0 bridgehead atoms. The molecule has 56 heavy (non-hydrogen) atoms. The van der Waals surface area contributed by atoms with Gasteiger partial charge in [0.25, 0.3) is 11.8 Å². The quantitative estimate of drug-likeness (QED) is 0.0201. The first kappa shape index (κ1) is 53.6. The van der Waals surface area contributed by atoms with E-state index in [-0.39, 0.29) is 62.9 Å². The van der Waals surface area contributed by atoms with Crippen molar-refractivity contribution < 1.29 is 46.2 Å². The summed E-state index contributed by atoms with van der Waals surface area (Å²) in [5, 5.41) is 0. The largest absolute Gasteiger partial charge is 0.462 e. The highest BCUT2D eigenvalue weighted by Gasteiger charge is 2.24. The molecule has 0 unspecified atom stereocenters. The molecule has 0 atom stereocenters. The second-order valence-corrected chi connectivity index (χ2v) is 15.7. The average molecular weight is 806 g/mol. The zero-order chi connectivity index (χ0) is 41.8. The van der Waals surface area contributed by atoms with Crippen LogP contribution in [0.4, 0.5) is 17.6 Å². The molecule has 0 aromatic carbocycles. The van der Waals surface area contributed by atoms with E-state index in [0.29, 0.717) is 32.1 Å². The number of carbonyl (C=O) groups excluding carboxylic acids is 3. The predicted molar refractivity (Wildman–Crippen MR) is 219 cm³/mol. The van der Waals surface area contributed by atoms with E-state index in [0.717, 1.165) is 141 Å². The molecule has 0 N–H and O–H groups in total. The Morgan fingerprint density at radius 2 is 0.893 bits per heavy atom. The van der Waals surface area contributed by atoms with E-state index in [9.17, 15) is 31.9 Å². The first-order chi connectivity index (χ1) is 26.8. The molecule has 0 spiro atoms. The van der Waals surface area contributed by atoms with Gasteiger partial charge in [0.05, 0.1) is 0 Å². The molecule has 0 saturated carbocycles. The van der Waals surface area contributed by atoms with Crippen LogP contribution in [-0.2, 0) is 28.6 Å². The molecule has 0 aromatic rings. The maximum Gasteiger partial charge on any atom is 0.306 e. The Morgan fingerprint density at radius 3 is 1.32 bits per heavy atom. The molecule has 328 valence electrons. The Bertz CT molecular complexity index is 970. The van der Waals surface area contributed by atoms with Crippen LogP contribution in [0.15, 0.2) is 24.3 Å². The number of rotatable bonds is 39. The number of alkyl halides is 4. The summed E-state index contributed by atoms with van der Waals surface area (Å²) in [6, 6.07) is 0. The molecule has 0 aromatic heterocycles. The van der Waals surface area contributed by atoms with Crippen LogP contribution in [0.2, 0.25) is 0 Å². The van der Waals surface area contributed by atoms with Crippen LogP contribution in [0.1, 0.15) is 194 Å². The first-order valence-corrected chi connectivity index (χ1v) is 22.1. The Kier molecular flexibility index (Phi) is 34.2. The topological polar surface area (TPSA) is 82.1 Å². The molecule has 0 amide bonds. The lowest BCUT2D eigenvalue weighted by Crippen LogP contribution is -2.20. The summed E-state index contributed by atoms with van der Waals surface area (Å²) in [5.74, 6) is -6.68. The van der Waals surface area contributed by atoms with E-state index in [1.807, 2.05) is 19.0 Å². The lowest BCUT2D eigenvalue weighted by atomic mass is 10.0. The maximum atomic E-state index is 14.0. The SMILES string of the molecule is CCCCCCCC(F)(F)/C=C\COC(=O)CCCCCCCC(CCCCCCCC(=O)OC/C=C\C(F)(F)CCCCCCC)OC(=O)CCCN(C)C. The Balaban J connectivity index is 4.28. The minimum Gasteiger partial charge on any atom is -0.462 e. The number of hydrogen-bond donors (Lipinski definition) is 0. The lowest BCUT2D eigenvalue weighted by molar-refractivity contribution is -0.150. The third-order valence-electron chi connectivity index (χ3n) is 9.73. The van der Waals surface area contributed by atoms with Crippen molar-refractivity contribution in [1.29, 1.82) is 0 Å². The van der Waals surface area contributed by atoms with Crippen LogP contribution in [0.5, 0.6) is 0 Å². The second kappa shape index (κ2) is 35.7. The van der Waals surface area contributed by atoms with Gasteiger partial charge in [0.2, 0.25) is 0 Å². The van der Waals surface area contributed by atoms with Gasteiger partial charge in [-0.2, -0.15) is 0 Å². The molecule has 0 radical (unpaired) electrons. The predicted octanol–water partition coefficient (Wildman–Crippen LogP) is 12.9. The van der Waals surface area contributed by atoms with Crippen LogP contribution in [0.3, 0.4) is 0 Å². The van der Waals surface area contributed by atoms with Gasteiger partial charge in [-0.3, -0.25) is 14.4 Å². The van der Waals surface area contributed by atoms with E-state index in [1.54, 1.807) is 0 Å². The summed E-state index contributed by atoms with van der Waals surface area (Å²) in [4.78, 5) is 38.6. The van der Waals surface area contributed by atoms with Crippen molar-refractivity contribution in [1.82, 2.24) is 4.90 Å². The molecular weight excluding hydrogens is 726 g/mol. The fourth-order valence-corrected chi connectivity index (χ4v) is 6.35. The molecule has 0 heterocycles. The molecule has 0 rings (SSSR count). The van der Waals surface area contributed by atoms with Gasteiger partial charge in [-0.25, -0.2) is 17.6 Å². The summed E-state index contributed by atoms with van der Waals surface area (Å²) < 4.78 is 71.9. The second-order valence-electron chi connectivity index (χ2n) is 15.7. The lowest BCUT2D eigenvalue weighted by Gasteiger charge is -2.18. The molecule has 0 aliphatic rings. The summed E-state index contributed by atoms with van der Waals surface area (Å²) in [5.41, 5.74) is 0. The standard InChI is InChI=1S/C45H79F4NO6/c1-5-7-9-17-23-33-44(46,47)35-26-38-54-41(51)30-21-15-11-13-19-28-40(56-43(53)32-25-37-50(3)4)29-20-14-12-16-22-31-42(52)55-39-27-36-45(48,49)34-24-18-10-8-6-2/h26-27,35-36,40H,5-25,28-34,37-39H2,1-4H3/b35-26-,36-27-. The zero-order valence-corrected chi connectivity index (χ0v) is 35.7. The van der Waals surface area contributed by atoms with E-state index in [1.165, 1.54) is 12.2 Å². The molecule has 7 nitrogen and oxygen atoms in total. The fraction of sp³-hybridized carbons (Fsp3) is 0.844. The van der Waals surface area contributed by atoms with Gasteiger partial charge < -0.3 is 19.1 Å². The normalized spacial score (nSPS) is 12.4. The zero-order valence-electron chi connectivity index (χ0n) is 35.7. The molecular formula is C45H79F4NO6. The van der Waals surface area contributed by atoms with Crippen molar-refractivity contribution in [3.63, 3.8) is 0 Å². The molecule has 11 heteroatoms. The fourth-order valence-electron chi connectivity index (χ4n) is 6.35. The van der Waals surface area contributed by atoms with Gasteiger partial charge >= 0.3 is 17.9 Å². The first-order valence-electron chi connectivity index (χ1n) is 22.1. The van der Waals surface area contributed by atoms with Crippen molar-refractivity contribution in [3.05, 3.63) is 24.3 Å². The van der Waals surface area contributed by atoms with Crippen LogP contribution in [0.25, 0.3) is 0 Å². The molecule has 0 aliphatic heterocycles. The van der Waals surface area contributed by atoms with Crippen molar-refractivity contribution in [2.45, 2.75) is 212 Å². The summed E-state index contributed by atoms with van der Waals surface area (Å²) in [6.45, 7) is 4.71. The number of unbranched alkanes of at least 4 members (excludes halogenated alkanes) is 16. The smallest absolute Gasteiger partial charge is 0.306 e. The maximum absolute atomic E-state index is 14.0. The minimum absolute atomic E-state index is 0.140. The monoisotopic (exact) mass is 806 g/mol. The van der Waals surface area contributed by atoms with Gasteiger partial charge in [-0.1, -0.05) is 104 Å². The average Bonchev–Trinajstić information content (AvgIpc) is 3.13. The number of nitrogens with zero attached hydrogens (tertiary/aromatic N) is 1. The van der Waals surface area contributed by atoms with E-state index in [4.69, 9.17) is 14.2 Å². The van der Waals surface area contributed by atoms with Gasteiger partial charge in [0.15, 0.2) is 0 Å². The molecule has 0 saturated heterocycles. The summed E-state index contributed by atoms with van der Waals surface area (Å²) >= 11 is 0. The van der Waals surface area contributed by atoms with Crippen molar-refractivity contribution >= 4 is 17.9 Å². The Hall–Kier alpha value is -2.43. The highest BCUT2D eigenvalue weighted by molar-refractivity contribution is 5.70.